The Kier molecular flexibility index (Phi) is 5.88. The van der Waals surface area contributed by atoms with E-state index in [1.165, 1.54) is 31.2 Å². The van der Waals surface area contributed by atoms with Crippen LogP contribution in [-0.4, -0.2) is 30.4 Å². The van der Waals surface area contributed by atoms with Crippen molar-refractivity contribution in [1.29, 1.82) is 0 Å². The second kappa shape index (κ2) is 7.96. The molecule has 1 aromatic carbocycles. The van der Waals surface area contributed by atoms with Crippen LogP contribution in [0.4, 0.5) is 45.2 Å². The maximum atomic E-state index is 14.6. The Morgan fingerprint density at radius 2 is 1.45 bits per heavy atom. The highest BCUT2D eigenvalue weighted by atomic mass is 19.4. The second-order valence-electron chi connectivity index (χ2n) is 7.22. The van der Waals surface area contributed by atoms with Crippen LogP contribution in [0.3, 0.4) is 0 Å². The molecule has 3 rings (SSSR count). The summed E-state index contributed by atoms with van der Waals surface area (Å²) in [5.74, 6) is -9.51. The minimum absolute atomic E-state index is 0.0296. The molecule has 13 heteroatoms. The average molecular weight is 483 g/mol. The van der Waals surface area contributed by atoms with Gasteiger partial charge in [0.1, 0.15) is 5.56 Å². The fraction of sp³-hybridized carbons (Fsp3) is 0.300. The first-order chi connectivity index (χ1) is 15.1. The summed E-state index contributed by atoms with van der Waals surface area (Å²) in [6.45, 7) is 1.27. The highest BCUT2D eigenvalue weighted by Gasteiger charge is 2.63. The quantitative estimate of drug-likeness (QED) is 0.310. The minimum Gasteiger partial charge on any atom is -0.378 e. The predicted octanol–water partition coefficient (Wildman–Crippen LogP) is 6.59. The van der Waals surface area contributed by atoms with Gasteiger partial charge in [0.25, 0.3) is 0 Å². The molecule has 0 bridgehead atoms. The molecule has 4 nitrogen and oxygen atoms in total. The number of alkyl halides is 8. The molecule has 0 radical (unpaired) electrons. The van der Waals surface area contributed by atoms with Crippen molar-refractivity contribution in [2.75, 3.05) is 19.0 Å². The van der Waals surface area contributed by atoms with Gasteiger partial charge < -0.3 is 9.42 Å². The Bertz CT molecular complexity index is 1160. The first-order valence-corrected chi connectivity index (χ1v) is 9.03. The summed E-state index contributed by atoms with van der Waals surface area (Å²) in [7, 11) is 3.30. The van der Waals surface area contributed by atoms with E-state index in [2.05, 4.69) is 10.1 Å². The third-order valence-electron chi connectivity index (χ3n) is 4.64. The number of hydrogen-bond acceptors (Lipinski definition) is 4. The van der Waals surface area contributed by atoms with Crippen molar-refractivity contribution in [3.63, 3.8) is 0 Å². The zero-order valence-corrected chi connectivity index (χ0v) is 17.0. The summed E-state index contributed by atoms with van der Waals surface area (Å²) in [6, 6.07) is 6.01. The standard InChI is InChI=1S/C20H14F9N3O/c1-9-8-12(33-31-9)13-14(18(22,23)20(27,28)29)15(19(24,25)26)17(21)30-16(13)10-4-6-11(7-5-10)32(2)3/h4-8H,1-3H3. The molecule has 0 N–H and O–H groups in total. The maximum absolute atomic E-state index is 14.6. The van der Waals surface area contributed by atoms with Crippen LogP contribution in [0.15, 0.2) is 34.9 Å². The zero-order valence-electron chi connectivity index (χ0n) is 17.0. The molecular weight excluding hydrogens is 469 g/mol. The van der Waals surface area contributed by atoms with E-state index in [-0.39, 0.29) is 11.3 Å². The summed E-state index contributed by atoms with van der Waals surface area (Å²) in [5, 5.41) is 3.35. The molecule has 0 saturated heterocycles. The molecule has 0 amide bonds. The van der Waals surface area contributed by atoms with Crippen molar-refractivity contribution in [2.45, 2.75) is 25.2 Å². The fourth-order valence-electron chi connectivity index (χ4n) is 3.12. The summed E-state index contributed by atoms with van der Waals surface area (Å²) in [5.41, 5.74) is -7.47. The smallest absolute Gasteiger partial charge is 0.378 e. The molecule has 0 atom stereocenters. The summed E-state index contributed by atoms with van der Waals surface area (Å²) in [4.78, 5) is 4.76. The Labute approximate surface area is 180 Å². The van der Waals surface area contributed by atoms with Gasteiger partial charge in [-0.05, 0) is 19.1 Å². The normalized spacial score (nSPS) is 12.8. The molecule has 0 unspecified atom stereocenters. The summed E-state index contributed by atoms with van der Waals surface area (Å²) < 4.78 is 129. The first-order valence-electron chi connectivity index (χ1n) is 9.03. The van der Waals surface area contributed by atoms with Gasteiger partial charge >= 0.3 is 18.3 Å². The third kappa shape index (κ3) is 4.35. The largest absolute Gasteiger partial charge is 0.458 e. The molecule has 0 fully saturated rings. The van der Waals surface area contributed by atoms with Crippen LogP contribution < -0.4 is 4.90 Å². The lowest BCUT2D eigenvalue weighted by Crippen LogP contribution is -2.37. The molecule has 3 aromatic rings. The SMILES string of the molecule is Cc1cc(-c2c(-c3ccc(N(C)C)cc3)nc(F)c(C(F)(F)F)c2C(F)(F)C(F)(F)F)on1. The van der Waals surface area contributed by atoms with Crippen molar-refractivity contribution in [3.05, 3.63) is 53.1 Å². The van der Waals surface area contributed by atoms with E-state index in [4.69, 9.17) is 4.52 Å². The van der Waals surface area contributed by atoms with Gasteiger partial charge in [0.15, 0.2) is 5.76 Å². The van der Waals surface area contributed by atoms with Crippen LogP contribution in [0.2, 0.25) is 0 Å². The summed E-state index contributed by atoms with van der Waals surface area (Å²) >= 11 is 0. The fourth-order valence-corrected chi connectivity index (χ4v) is 3.12. The lowest BCUT2D eigenvalue weighted by atomic mass is 9.90. The van der Waals surface area contributed by atoms with Gasteiger partial charge in [-0.3, -0.25) is 0 Å². The van der Waals surface area contributed by atoms with Crippen LogP contribution in [-0.2, 0) is 12.1 Å². The number of anilines is 1. The van der Waals surface area contributed by atoms with E-state index in [0.29, 0.717) is 5.69 Å². The Balaban J connectivity index is 2.52. The monoisotopic (exact) mass is 483 g/mol. The topological polar surface area (TPSA) is 42.2 Å². The first kappa shape index (κ1) is 24.4. The highest BCUT2D eigenvalue weighted by Crippen LogP contribution is 2.53. The number of hydrogen-bond donors (Lipinski definition) is 0. The van der Waals surface area contributed by atoms with E-state index in [0.717, 1.165) is 6.07 Å². The summed E-state index contributed by atoms with van der Waals surface area (Å²) in [6.07, 6.45) is -12.4. The van der Waals surface area contributed by atoms with Gasteiger partial charge in [0.2, 0.25) is 5.95 Å². The minimum atomic E-state index is -6.49. The highest BCUT2D eigenvalue weighted by molar-refractivity contribution is 5.83. The van der Waals surface area contributed by atoms with E-state index >= 15 is 0 Å². The average Bonchev–Trinajstić information content (AvgIpc) is 3.11. The van der Waals surface area contributed by atoms with E-state index < -0.39 is 52.4 Å². The Morgan fingerprint density at radius 3 is 1.88 bits per heavy atom. The maximum Gasteiger partial charge on any atom is 0.458 e. The van der Waals surface area contributed by atoms with Gasteiger partial charge in [0, 0.05) is 31.4 Å². The number of halogens is 9. The van der Waals surface area contributed by atoms with Gasteiger partial charge in [-0.1, -0.05) is 17.3 Å². The molecule has 0 aliphatic heterocycles. The van der Waals surface area contributed by atoms with Crippen LogP contribution in [0.25, 0.3) is 22.6 Å². The van der Waals surface area contributed by atoms with E-state index in [1.54, 1.807) is 19.0 Å². The molecule has 33 heavy (non-hydrogen) atoms. The number of benzene rings is 1. The predicted molar refractivity (Wildman–Crippen MR) is 99.1 cm³/mol. The lowest BCUT2D eigenvalue weighted by molar-refractivity contribution is -0.291. The van der Waals surface area contributed by atoms with Crippen LogP contribution in [0, 0.1) is 12.9 Å². The van der Waals surface area contributed by atoms with Gasteiger partial charge in [-0.25, -0.2) is 4.98 Å². The molecule has 0 saturated carbocycles. The Hall–Kier alpha value is -3.25. The van der Waals surface area contributed by atoms with Crippen molar-refractivity contribution in [1.82, 2.24) is 10.1 Å². The molecule has 0 aliphatic carbocycles. The number of nitrogens with zero attached hydrogens (tertiary/aromatic N) is 3. The van der Waals surface area contributed by atoms with Gasteiger partial charge in [-0.2, -0.15) is 39.5 Å². The number of pyridine rings is 1. The number of rotatable bonds is 4. The van der Waals surface area contributed by atoms with E-state index in [9.17, 15) is 39.5 Å². The van der Waals surface area contributed by atoms with Crippen LogP contribution in [0.5, 0.6) is 0 Å². The molecule has 178 valence electrons. The van der Waals surface area contributed by atoms with Crippen molar-refractivity contribution < 1.29 is 44.0 Å². The molecule has 0 spiro atoms. The van der Waals surface area contributed by atoms with E-state index in [1.807, 2.05) is 0 Å². The number of aromatic nitrogens is 2. The lowest BCUT2D eigenvalue weighted by Gasteiger charge is -2.26. The van der Waals surface area contributed by atoms with Gasteiger partial charge in [-0.15, -0.1) is 0 Å². The van der Waals surface area contributed by atoms with Crippen molar-refractivity contribution in [3.8, 4) is 22.6 Å². The van der Waals surface area contributed by atoms with Crippen LogP contribution in [0.1, 0.15) is 16.8 Å². The van der Waals surface area contributed by atoms with Crippen LogP contribution >= 0.6 is 0 Å². The molecule has 0 aliphatic rings. The second-order valence-corrected chi connectivity index (χ2v) is 7.22. The van der Waals surface area contributed by atoms with Crippen molar-refractivity contribution >= 4 is 5.69 Å². The van der Waals surface area contributed by atoms with Gasteiger partial charge in [0.05, 0.1) is 22.5 Å². The Morgan fingerprint density at radius 1 is 0.879 bits per heavy atom. The zero-order chi connectivity index (χ0) is 24.9. The number of aryl methyl sites for hydroxylation is 1. The molecule has 2 aromatic heterocycles. The molecule has 2 heterocycles. The third-order valence-corrected chi connectivity index (χ3v) is 4.64. The molecular formula is C20H14F9N3O. The van der Waals surface area contributed by atoms with Crippen molar-refractivity contribution in [2.24, 2.45) is 0 Å².